The number of rotatable bonds is 3. The smallest absolute Gasteiger partial charge is 0.397 e. The minimum Gasteiger partial charge on any atom is -0.397 e. The molecular formula is C22H20F4N6O2. The average molecular weight is 476 g/mol. The summed E-state index contributed by atoms with van der Waals surface area (Å²) in [7, 11) is 0. The van der Waals surface area contributed by atoms with Crippen molar-refractivity contribution in [1.82, 2.24) is 19.4 Å². The van der Waals surface area contributed by atoms with Crippen molar-refractivity contribution < 1.29 is 22.4 Å². The number of alkyl halides is 3. The van der Waals surface area contributed by atoms with Crippen LogP contribution in [0.25, 0.3) is 16.6 Å². The van der Waals surface area contributed by atoms with Gasteiger partial charge in [-0.2, -0.15) is 13.2 Å². The standard InChI is InChI=1S/C22H20F4N6O2/c1-3-17(33)30-7-8-31(12(2)10-30)20-13-9-16(22(24,25)26)32(21(34)18(13)28-11-29-20)19-14(23)5-4-6-15(19)27/h3-6,9,11-12H,1,7-8,10,27H2,2H3/t12-/m1/s1. The number of nitrogens with zero attached hydrogens (tertiary/aromatic N) is 5. The Morgan fingerprint density at radius 1 is 1.26 bits per heavy atom. The summed E-state index contributed by atoms with van der Waals surface area (Å²) in [4.78, 5) is 36.5. The number of halogens is 4. The first-order valence-electron chi connectivity index (χ1n) is 10.2. The van der Waals surface area contributed by atoms with Crippen LogP contribution in [0.3, 0.4) is 0 Å². The predicted molar refractivity (Wildman–Crippen MR) is 118 cm³/mol. The Hall–Kier alpha value is -3.96. The van der Waals surface area contributed by atoms with Crippen molar-refractivity contribution in [2.45, 2.75) is 19.1 Å². The molecular weight excluding hydrogens is 456 g/mol. The molecule has 0 radical (unpaired) electrons. The lowest BCUT2D eigenvalue weighted by Gasteiger charge is -2.40. The highest BCUT2D eigenvalue weighted by atomic mass is 19.4. The van der Waals surface area contributed by atoms with Crippen molar-refractivity contribution in [3.8, 4) is 5.69 Å². The molecule has 1 aliphatic heterocycles. The summed E-state index contributed by atoms with van der Waals surface area (Å²) < 4.78 is 57.1. The zero-order valence-corrected chi connectivity index (χ0v) is 18.0. The van der Waals surface area contributed by atoms with Crippen molar-refractivity contribution in [2.24, 2.45) is 0 Å². The first kappa shape index (κ1) is 23.2. The summed E-state index contributed by atoms with van der Waals surface area (Å²) in [5.41, 5.74) is 1.79. The van der Waals surface area contributed by atoms with Crippen LogP contribution in [0.2, 0.25) is 0 Å². The third-order valence-electron chi connectivity index (χ3n) is 5.71. The van der Waals surface area contributed by atoms with Gasteiger partial charge in [-0.15, -0.1) is 0 Å². The van der Waals surface area contributed by atoms with Gasteiger partial charge in [0.15, 0.2) is 0 Å². The average Bonchev–Trinajstić information content (AvgIpc) is 2.78. The maximum absolute atomic E-state index is 14.5. The van der Waals surface area contributed by atoms with Crippen LogP contribution in [0, 0.1) is 5.82 Å². The Labute approximate surface area is 190 Å². The summed E-state index contributed by atoms with van der Waals surface area (Å²) in [5.74, 6) is -1.24. The van der Waals surface area contributed by atoms with Crippen LogP contribution in [0.15, 0.2) is 48.0 Å². The Morgan fingerprint density at radius 2 is 2.00 bits per heavy atom. The van der Waals surface area contributed by atoms with Crippen LogP contribution >= 0.6 is 0 Å². The number of anilines is 2. The second-order valence-electron chi connectivity index (χ2n) is 7.84. The fourth-order valence-corrected chi connectivity index (χ4v) is 4.14. The molecule has 8 nitrogen and oxygen atoms in total. The Kier molecular flexibility index (Phi) is 5.75. The first-order chi connectivity index (χ1) is 16.0. The van der Waals surface area contributed by atoms with Crippen molar-refractivity contribution in [2.75, 3.05) is 30.3 Å². The third kappa shape index (κ3) is 3.84. The van der Waals surface area contributed by atoms with E-state index in [1.807, 2.05) is 0 Å². The molecule has 178 valence electrons. The van der Waals surface area contributed by atoms with Gasteiger partial charge in [0, 0.05) is 25.7 Å². The molecule has 2 aromatic heterocycles. The second-order valence-corrected chi connectivity index (χ2v) is 7.84. The number of fused-ring (bicyclic) bond motifs is 1. The highest BCUT2D eigenvalue weighted by molar-refractivity contribution is 5.90. The quantitative estimate of drug-likeness (QED) is 0.355. The van der Waals surface area contributed by atoms with Crippen LogP contribution in [-0.2, 0) is 11.0 Å². The van der Waals surface area contributed by atoms with E-state index in [1.165, 1.54) is 18.2 Å². The number of nitrogen functional groups attached to an aromatic ring is 1. The molecule has 12 heteroatoms. The van der Waals surface area contributed by atoms with E-state index in [2.05, 4.69) is 16.5 Å². The lowest BCUT2D eigenvalue weighted by Crippen LogP contribution is -2.53. The first-order valence-corrected chi connectivity index (χ1v) is 10.2. The normalized spacial score (nSPS) is 16.7. The molecule has 1 saturated heterocycles. The summed E-state index contributed by atoms with van der Waals surface area (Å²) in [6.07, 6.45) is -2.76. The molecule has 1 fully saturated rings. The van der Waals surface area contributed by atoms with Gasteiger partial charge >= 0.3 is 6.18 Å². The van der Waals surface area contributed by atoms with E-state index in [9.17, 15) is 27.2 Å². The Balaban J connectivity index is 1.94. The van der Waals surface area contributed by atoms with Gasteiger partial charge in [-0.1, -0.05) is 12.6 Å². The van der Waals surface area contributed by atoms with E-state index in [1.54, 1.807) is 16.7 Å². The molecule has 34 heavy (non-hydrogen) atoms. The van der Waals surface area contributed by atoms with Crippen LogP contribution in [0.5, 0.6) is 0 Å². The summed E-state index contributed by atoms with van der Waals surface area (Å²) in [5, 5.41) is -0.138. The maximum Gasteiger partial charge on any atom is 0.431 e. The molecule has 3 heterocycles. The predicted octanol–water partition coefficient (Wildman–Crippen LogP) is 2.74. The van der Waals surface area contributed by atoms with Crippen LogP contribution in [0.1, 0.15) is 12.6 Å². The molecule has 0 bridgehead atoms. The number of hydrogen-bond acceptors (Lipinski definition) is 6. The van der Waals surface area contributed by atoms with Gasteiger partial charge in [0.05, 0.1) is 11.1 Å². The van der Waals surface area contributed by atoms with Gasteiger partial charge in [0.2, 0.25) is 5.91 Å². The van der Waals surface area contributed by atoms with E-state index in [-0.39, 0.29) is 58.6 Å². The SMILES string of the molecule is C=CC(=O)N1CCN(c2ncnc3c(=O)n(-c4c(N)cccc4F)c(C(F)(F)F)cc23)[C@H](C)C1. The Bertz CT molecular complexity index is 1330. The van der Waals surface area contributed by atoms with Crippen LogP contribution in [-0.4, -0.2) is 51.0 Å². The van der Waals surface area contributed by atoms with Crippen molar-refractivity contribution in [1.29, 1.82) is 0 Å². The zero-order chi connectivity index (χ0) is 24.8. The lowest BCUT2D eigenvalue weighted by atomic mass is 10.1. The number of nitrogens with two attached hydrogens (primary N) is 1. The highest BCUT2D eigenvalue weighted by Gasteiger charge is 2.38. The number of benzene rings is 1. The number of piperazine rings is 1. The largest absolute Gasteiger partial charge is 0.431 e. The fraction of sp³-hybridized carbons (Fsp3) is 0.273. The summed E-state index contributed by atoms with van der Waals surface area (Å²) in [6, 6.07) is 3.75. The van der Waals surface area contributed by atoms with Crippen molar-refractivity contribution in [3.05, 3.63) is 65.1 Å². The molecule has 1 aromatic carbocycles. The number of para-hydroxylation sites is 1. The van der Waals surface area contributed by atoms with Gasteiger partial charge in [-0.25, -0.2) is 14.4 Å². The molecule has 2 N–H and O–H groups in total. The zero-order valence-electron chi connectivity index (χ0n) is 18.0. The molecule has 0 aliphatic carbocycles. The van der Waals surface area contributed by atoms with Crippen LogP contribution in [0.4, 0.5) is 29.1 Å². The minimum atomic E-state index is -5.02. The number of amides is 1. The molecule has 0 saturated carbocycles. The summed E-state index contributed by atoms with van der Waals surface area (Å²) in [6.45, 7) is 6.07. The number of pyridine rings is 1. The molecule has 4 rings (SSSR count). The number of aromatic nitrogens is 3. The van der Waals surface area contributed by atoms with E-state index in [0.717, 1.165) is 18.5 Å². The number of hydrogen-bond donors (Lipinski definition) is 1. The van der Waals surface area contributed by atoms with E-state index < -0.39 is 28.9 Å². The molecule has 3 aromatic rings. The van der Waals surface area contributed by atoms with Crippen molar-refractivity contribution in [3.63, 3.8) is 0 Å². The van der Waals surface area contributed by atoms with E-state index in [0.29, 0.717) is 0 Å². The fourth-order valence-electron chi connectivity index (χ4n) is 4.14. The van der Waals surface area contributed by atoms with E-state index >= 15 is 0 Å². The molecule has 0 unspecified atom stereocenters. The number of carbonyl (C=O) groups is 1. The molecule has 1 amide bonds. The van der Waals surface area contributed by atoms with Crippen LogP contribution < -0.4 is 16.2 Å². The maximum atomic E-state index is 14.5. The summed E-state index contributed by atoms with van der Waals surface area (Å²) >= 11 is 0. The Morgan fingerprint density at radius 3 is 2.62 bits per heavy atom. The third-order valence-corrected chi connectivity index (χ3v) is 5.71. The van der Waals surface area contributed by atoms with E-state index in [4.69, 9.17) is 5.73 Å². The highest BCUT2D eigenvalue weighted by Crippen LogP contribution is 2.35. The molecule has 1 aliphatic rings. The second kappa shape index (κ2) is 8.43. The van der Waals surface area contributed by atoms with Gasteiger partial charge in [-0.05, 0) is 31.2 Å². The topological polar surface area (TPSA) is 97.4 Å². The van der Waals surface area contributed by atoms with Crippen molar-refractivity contribution >= 4 is 28.3 Å². The lowest BCUT2D eigenvalue weighted by molar-refractivity contribution is -0.142. The molecule has 1 atom stereocenters. The van der Waals surface area contributed by atoms with Gasteiger partial charge in [0.25, 0.3) is 5.56 Å². The van der Waals surface area contributed by atoms with Gasteiger partial charge < -0.3 is 15.5 Å². The minimum absolute atomic E-state index is 0.111. The molecule has 0 spiro atoms. The monoisotopic (exact) mass is 476 g/mol. The van der Waals surface area contributed by atoms with Gasteiger partial charge in [-0.3, -0.25) is 14.2 Å². The van der Waals surface area contributed by atoms with Gasteiger partial charge in [0.1, 0.15) is 34.9 Å². The number of carbonyl (C=O) groups excluding carboxylic acids is 1.